The smallest absolute Gasteiger partial charge is 0.223 e. The van der Waals surface area contributed by atoms with Crippen LogP contribution in [0.5, 0.6) is 0 Å². The summed E-state index contributed by atoms with van der Waals surface area (Å²) in [5, 5.41) is 3.23. The van der Waals surface area contributed by atoms with Gasteiger partial charge in [-0.05, 0) is 50.9 Å². The molecule has 98 valence electrons. The summed E-state index contributed by atoms with van der Waals surface area (Å²) in [5.41, 5.74) is 6.17. The average molecular weight is 238 g/mol. The van der Waals surface area contributed by atoms with Crippen LogP contribution < -0.4 is 11.1 Å². The van der Waals surface area contributed by atoms with Gasteiger partial charge in [0.15, 0.2) is 0 Å². The SMILES string of the molecule is CC1CC(C)C(C(=O)NC2(C)CCC2)CC1N. The molecule has 0 heterocycles. The first-order valence-electron chi connectivity index (χ1n) is 6.99. The largest absolute Gasteiger partial charge is 0.351 e. The number of hydrogen-bond donors (Lipinski definition) is 2. The lowest BCUT2D eigenvalue weighted by molar-refractivity contribution is -0.131. The molecule has 0 bridgehead atoms. The number of rotatable bonds is 2. The Kier molecular flexibility index (Phi) is 3.48. The standard InChI is InChI=1S/C14H26N2O/c1-9-7-10(2)12(15)8-11(9)13(17)16-14(3)5-4-6-14/h9-12H,4-8,15H2,1-3H3,(H,16,17). The Balaban J connectivity index is 1.94. The molecule has 0 aromatic carbocycles. The first-order valence-corrected chi connectivity index (χ1v) is 6.99. The molecule has 4 unspecified atom stereocenters. The zero-order valence-corrected chi connectivity index (χ0v) is 11.3. The van der Waals surface area contributed by atoms with Crippen molar-refractivity contribution in [3.05, 3.63) is 0 Å². The summed E-state index contributed by atoms with van der Waals surface area (Å²) in [6.45, 7) is 6.54. The van der Waals surface area contributed by atoms with Crippen LogP contribution in [0.4, 0.5) is 0 Å². The van der Waals surface area contributed by atoms with Crippen molar-refractivity contribution >= 4 is 5.91 Å². The maximum Gasteiger partial charge on any atom is 0.223 e. The minimum atomic E-state index is 0.0734. The van der Waals surface area contributed by atoms with Gasteiger partial charge >= 0.3 is 0 Å². The number of nitrogens with two attached hydrogens (primary N) is 1. The van der Waals surface area contributed by atoms with Crippen LogP contribution >= 0.6 is 0 Å². The zero-order chi connectivity index (χ0) is 12.6. The minimum absolute atomic E-state index is 0.0734. The topological polar surface area (TPSA) is 55.1 Å². The van der Waals surface area contributed by atoms with Gasteiger partial charge < -0.3 is 11.1 Å². The van der Waals surface area contributed by atoms with E-state index in [-0.39, 0.29) is 23.4 Å². The van der Waals surface area contributed by atoms with Gasteiger partial charge in [0.1, 0.15) is 0 Å². The Morgan fingerprint density at radius 3 is 2.41 bits per heavy atom. The van der Waals surface area contributed by atoms with Crippen molar-refractivity contribution in [2.75, 3.05) is 0 Å². The van der Waals surface area contributed by atoms with Crippen molar-refractivity contribution in [1.82, 2.24) is 5.32 Å². The van der Waals surface area contributed by atoms with Crippen LogP contribution in [0, 0.1) is 17.8 Å². The van der Waals surface area contributed by atoms with E-state index in [0.29, 0.717) is 11.8 Å². The third kappa shape index (κ3) is 2.65. The van der Waals surface area contributed by atoms with Crippen LogP contribution in [-0.2, 0) is 4.79 Å². The molecule has 2 saturated carbocycles. The number of amides is 1. The summed E-state index contributed by atoms with van der Waals surface area (Å²) >= 11 is 0. The second kappa shape index (κ2) is 4.60. The van der Waals surface area contributed by atoms with Gasteiger partial charge in [0, 0.05) is 17.5 Å². The van der Waals surface area contributed by atoms with E-state index in [0.717, 1.165) is 25.7 Å². The van der Waals surface area contributed by atoms with Gasteiger partial charge in [-0.1, -0.05) is 13.8 Å². The molecule has 0 aliphatic heterocycles. The molecule has 2 aliphatic rings. The highest BCUT2D eigenvalue weighted by Crippen LogP contribution is 2.35. The minimum Gasteiger partial charge on any atom is -0.351 e. The molecular formula is C14H26N2O. The maximum atomic E-state index is 12.3. The van der Waals surface area contributed by atoms with Crippen LogP contribution in [-0.4, -0.2) is 17.5 Å². The monoisotopic (exact) mass is 238 g/mol. The molecule has 17 heavy (non-hydrogen) atoms. The van der Waals surface area contributed by atoms with Crippen molar-refractivity contribution in [2.24, 2.45) is 23.5 Å². The van der Waals surface area contributed by atoms with E-state index in [1.54, 1.807) is 0 Å². The summed E-state index contributed by atoms with van der Waals surface area (Å²) in [6.07, 6.45) is 5.43. The third-order valence-electron chi connectivity index (χ3n) is 4.91. The van der Waals surface area contributed by atoms with Crippen molar-refractivity contribution in [3.63, 3.8) is 0 Å². The van der Waals surface area contributed by atoms with Gasteiger partial charge in [0.2, 0.25) is 5.91 Å². The van der Waals surface area contributed by atoms with E-state index in [9.17, 15) is 4.79 Å². The fourth-order valence-electron chi connectivity index (χ4n) is 3.27. The van der Waals surface area contributed by atoms with Gasteiger partial charge in [0.25, 0.3) is 0 Å². The van der Waals surface area contributed by atoms with Crippen molar-refractivity contribution < 1.29 is 4.79 Å². The molecule has 3 nitrogen and oxygen atoms in total. The summed E-state index contributed by atoms with van der Waals surface area (Å²) < 4.78 is 0. The molecule has 2 fully saturated rings. The molecule has 2 rings (SSSR count). The Bertz CT molecular complexity index is 299. The van der Waals surface area contributed by atoms with Gasteiger partial charge in [-0.3, -0.25) is 4.79 Å². The molecule has 0 aromatic rings. The van der Waals surface area contributed by atoms with E-state index in [1.807, 2.05) is 0 Å². The Morgan fingerprint density at radius 1 is 1.24 bits per heavy atom. The third-order valence-corrected chi connectivity index (χ3v) is 4.91. The van der Waals surface area contributed by atoms with E-state index in [2.05, 4.69) is 26.1 Å². The average Bonchev–Trinajstić information content (AvgIpc) is 2.21. The predicted octanol–water partition coefficient (Wildman–Crippen LogP) is 2.05. The molecular weight excluding hydrogens is 212 g/mol. The molecule has 0 spiro atoms. The first-order chi connectivity index (χ1) is 7.91. The predicted molar refractivity (Wildman–Crippen MR) is 69.4 cm³/mol. The lowest BCUT2D eigenvalue weighted by Crippen LogP contribution is -2.55. The lowest BCUT2D eigenvalue weighted by atomic mass is 9.71. The summed E-state index contributed by atoms with van der Waals surface area (Å²) in [4.78, 5) is 12.3. The molecule has 0 radical (unpaired) electrons. The van der Waals surface area contributed by atoms with E-state index in [4.69, 9.17) is 5.73 Å². The van der Waals surface area contributed by atoms with Crippen LogP contribution in [0.3, 0.4) is 0 Å². The van der Waals surface area contributed by atoms with Crippen molar-refractivity contribution in [3.8, 4) is 0 Å². The van der Waals surface area contributed by atoms with E-state index >= 15 is 0 Å². The number of carbonyl (C=O) groups is 1. The van der Waals surface area contributed by atoms with Crippen LogP contribution in [0.2, 0.25) is 0 Å². The molecule has 3 N–H and O–H groups in total. The van der Waals surface area contributed by atoms with Crippen molar-refractivity contribution in [2.45, 2.75) is 64.5 Å². The quantitative estimate of drug-likeness (QED) is 0.773. The van der Waals surface area contributed by atoms with E-state index in [1.165, 1.54) is 6.42 Å². The summed E-state index contributed by atoms with van der Waals surface area (Å²) in [6, 6.07) is 0.191. The van der Waals surface area contributed by atoms with Crippen LogP contribution in [0.15, 0.2) is 0 Å². The first kappa shape index (κ1) is 12.9. The number of nitrogens with one attached hydrogen (secondary N) is 1. The molecule has 0 saturated heterocycles. The van der Waals surface area contributed by atoms with Crippen LogP contribution in [0.25, 0.3) is 0 Å². The Morgan fingerprint density at radius 2 is 1.88 bits per heavy atom. The zero-order valence-electron chi connectivity index (χ0n) is 11.3. The maximum absolute atomic E-state index is 12.3. The highest BCUT2D eigenvalue weighted by molar-refractivity contribution is 5.80. The van der Waals surface area contributed by atoms with Gasteiger partial charge in [-0.15, -0.1) is 0 Å². The highest BCUT2D eigenvalue weighted by Gasteiger charge is 2.39. The second-order valence-corrected chi connectivity index (χ2v) is 6.60. The second-order valence-electron chi connectivity index (χ2n) is 6.60. The molecule has 4 atom stereocenters. The van der Waals surface area contributed by atoms with Crippen molar-refractivity contribution in [1.29, 1.82) is 0 Å². The normalized spacial score (nSPS) is 40.5. The lowest BCUT2D eigenvalue weighted by Gasteiger charge is -2.42. The molecule has 3 heteroatoms. The number of carbonyl (C=O) groups excluding carboxylic acids is 1. The van der Waals surface area contributed by atoms with Gasteiger partial charge in [-0.25, -0.2) is 0 Å². The van der Waals surface area contributed by atoms with Gasteiger partial charge in [0.05, 0.1) is 0 Å². The number of hydrogen-bond acceptors (Lipinski definition) is 2. The fraction of sp³-hybridized carbons (Fsp3) is 0.929. The Labute approximate surface area is 105 Å². The summed E-state index contributed by atoms with van der Waals surface area (Å²) in [5.74, 6) is 1.38. The Hall–Kier alpha value is -0.570. The molecule has 2 aliphatic carbocycles. The summed E-state index contributed by atoms with van der Waals surface area (Å²) in [7, 11) is 0. The van der Waals surface area contributed by atoms with E-state index < -0.39 is 0 Å². The van der Waals surface area contributed by atoms with Gasteiger partial charge in [-0.2, -0.15) is 0 Å². The fourth-order valence-corrected chi connectivity index (χ4v) is 3.27. The molecule has 1 amide bonds. The highest BCUT2D eigenvalue weighted by atomic mass is 16.2. The van der Waals surface area contributed by atoms with Crippen LogP contribution in [0.1, 0.15) is 52.9 Å². The molecule has 0 aromatic heterocycles.